The van der Waals surface area contributed by atoms with Gasteiger partial charge in [-0.15, -0.1) is 0 Å². The fourth-order valence-corrected chi connectivity index (χ4v) is 1.72. The first kappa shape index (κ1) is 7.58. The quantitative estimate of drug-likeness (QED) is 0.583. The van der Waals surface area contributed by atoms with E-state index in [4.69, 9.17) is 0 Å². The molecule has 1 unspecified atom stereocenters. The molecule has 58 valence electrons. The van der Waals surface area contributed by atoms with E-state index in [1.807, 2.05) is 0 Å². The lowest BCUT2D eigenvalue weighted by atomic mass is 9.97. The second-order valence-electron chi connectivity index (χ2n) is 3.13. The Kier molecular flexibility index (Phi) is 2.30. The maximum atomic E-state index is 11.1. The second kappa shape index (κ2) is 3.04. The summed E-state index contributed by atoms with van der Waals surface area (Å²) >= 11 is 0. The molecule has 0 bridgehead atoms. The molecule has 0 aliphatic heterocycles. The van der Waals surface area contributed by atoms with Crippen LogP contribution in [0.25, 0.3) is 0 Å². The highest BCUT2D eigenvalue weighted by atomic mass is 16.1. The van der Waals surface area contributed by atoms with Gasteiger partial charge in [0.05, 0.1) is 0 Å². The lowest BCUT2D eigenvalue weighted by molar-refractivity contribution is -0.125. The summed E-state index contributed by atoms with van der Waals surface area (Å²) in [5.74, 6) is 1.12. The number of carbonyl (C=O) groups excluding carboxylic acids is 1. The van der Waals surface area contributed by atoms with Gasteiger partial charge in [-0.1, -0.05) is 13.3 Å². The summed E-state index contributed by atoms with van der Waals surface area (Å²) < 4.78 is 0. The van der Waals surface area contributed by atoms with Crippen molar-refractivity contribution in [2.24, 2.45) is 11.8 Å². The highest BCUT2D eigenvalue weighted by Gasteiger charge is 2.28. The molecule has 1 amide bonds. The van der Waals surface area contributed by atoms with Gasteiger partial charge in [0.2, 0.25) is 5.91 Å². The molecule has 0 heterocycles. The average Bonchev–Trinajstić information content (AvgIpc) is 2.34. The van der Waals surface area contributed by atoms with Gasteiger partial charge in [0.25, 0.3) is 0 Å². The van der Waals surface area contributed by atoms with Gasteiger partial charge in [-0.25, -0.2) is 0 Å². The van der Waals surface area contributed by atoms with Crippen molar-refractivity contribution in [1.29, 1.82) is 0 Å². The van der Waals surface area contributed by atoms with Crippen LogP contribution in [0.2, 0.25) is 0 Å². The van der Waals surface area contributed by atoms with E-state index < -0.39 is 0 Å². The summed E-state index contributed by atoms with van der Waals surface area (Å²) in [5.41, 5.74) is 0. The van der Waals surface area contributed by atoms with Crippen molar-refractivity contribution in [3.8, 4) is 0 Å². The Morgan fingerprint density at radius 3 is 2.60 bits per heavy atom. The lowest BCUT2D eigenvalue weighted by Crippen LogP contribution is -2.28. The van der Waals surface area contributed by atoms with Crippen molar-refractivity contribution in [1.82, 2.24) is 5.32 Å². The standard InChI is InChI=1S/C8H15NO/c1-6-4-3-5-7(6)8(10)9-2/h6-7H,3-5H2,1-2H3,(H,9,10)/t6?,7-/m0/s1. The zero-order chi connectivity index (χ0) is 7.56. The largest absolute Gasteiger partial charge is 0.359 e. The molecule has 1 saturated carbocycles. The summed E-state index contributed by atoms with van der Waals surface area (Å²) in [7, 11) is 1.72. The van der Waals surface area contributed by atoms with Crippen molar-refractivity contribution in [3.63, 3.8) is 0 Å². The van der Waals surface area contributed by atoms with E-state index in [0.717, 1.165) is 6.42 Å². The third kappa shape index (κ3) is 1.31. The molecule has 1 aliphatic rings. The van der Waals surface area contributed by atoms with Gasteiger partial charge in [-0.05, 0) is 18.8 Å². The van der Waals surface area contributed by atoms with E-state index in [0.29, 0.717) is 11.8 Å². The van der Waals surface area contributed by atoms with Crippen LogP contribution in [0.1, 0.15) is 26.2 Å². The summed E-state index contributed by atoms with van der Waals surface area (Å²) in [4.78, 5) is 11.1. The molecule has 0 aromatic heterocycles. The molecule has 10 heavy (non-hydrogen) atoms. The van der Waals surface area contributed by atoms with Crippen LogP contribution in [0.3, 0.4) is 0 Å². The molecule has 0 saturated heterocycles. The summed E-state index contributed by atoms with van der Waals surface area (Å²) in [6, 6.07) is 0. The highest BCUT2D eigenvalue weighted by Crippen LogP contribution is 2.30. The Labute approximate surface area is 62.0 Å². The second-order valence-corrected chi connectivity index (χ2v) is 3.13. The maximum absolute atomic E-state index is 11.1. The number of hydrogen-bond donors (Lipinski definition) is 1. The smallest absolute Gasteiger partial charge is 0.223 e. The van der Waals surface area contributed by atoms with E-state index >= 15 is 0 Å². The van der Waals surface area contributed by atoms with Crippen molar-refractivity contribution in [2.75, 3.05) is 7.05 Å². The van der Waals surface area contributed by atoms with E-state index in [1.54, 1.807) is 7.05 Å². The summed E-state index contributed by atoms with van der Waals surface area (Å²) in [6.45, 7) is 2.16. The number of carbonyl (C=O) groups is 1. The first-order valence-electron chi connectivity index (χ1n) is 3.97. The van der Waals surface area contributed by atoms with Crippen LogP contribution in [0.5, 0.6) is 0 Å². The molecule has 2 atom stereocenters. The zero-order valence-electron chi connectivity index (χ0n) is 6.68. The van der Waals surface area contributed by atoms with E-state index in [2.05, 4.69) is 12.2 Å². The van der Waals surface area contributed by atoms with E-state index in [1.165, 1.54) is 12.8 Å². The molecule has 0 aromatic carbocycles. The molecular weight excluding hydrogens is 126 g/mol. The lowest BCUT2D eigenvalue weighted by Gasteiger charge is -2.12. The van der Waals surface area contributed by atoms with Crippen molar-refractivity contribution in [3.05, 3.63) is 0 Å². The van der Waals surface area contributed by atoms with Crippen LogP contribution in [0.4, 0.5) is 0 Å². The maximum Gasteiger partial charge on any atom is 0.223 e. The SMILES string of the molecule is CNC(=O)[C@H]1CCCC1C. The van der Waals surface area contributed by atoms with Crippen molar-refractivity contribution >= 4 is 5.91 Å². The minimum atomic E-state index is 0.227. The van der Waals surface area contributed by atoms with Crippen LogP contribution in [0, 0.1) is 11.8 Å². The first-order valence-corrected chi connectivity index (χ1v) is 3.97. The highest BCUT2D eigenvalue weighted by molar-refractivity contribution is 5.78. The van der Waals surface area contributed by atoms with Gasteiger partial charge in [0, 0.05) is 13.0 Å². The van der Waals surface area contributed by atoms with Gasteiger partial charge in [0.15, 0.2) is 0 Å². The Hall–Kier alpha value is -0.530. The third-order valence-corrected chi connectivity index (χ3v) is 2.44. The van der Waals surface area contributed by atoms with Crippen LogP contribution < -0.4 is 5.32 Å². The molecule has 2 heteroatoms. The topological polar surface area (TPSA) is 29.1 Å². The normalized spacial score (nSPS) is 32.2. The minimum Gasteiger partial charge on any atom is -0.359 e. The van der Waals surface area contributed by atoms with Gasteiger partial charge < -0.3 is 5.32 Å². The Morgan fingerprint density at radius 2 is 2.20 bits per heavy atom. The van der Waals surface area contributed by atoms with Crippen LogP contribution in [-0.2, 0) is 4.79 Å². The fourth-order valence-electron chi connectivity index (χ4n) is 1.72. The molecule has 0 spiro atoms. The van der Waals surface area contributed by atoms with Crippen LogP contribution >= 0.6 is 0 Å². The van der Waals surface area contributed by atoms with Gasteiger partial charge in [-0.3, -0.25) is 4.79 Å². The molecule has 1 rings (SSSR count). The predicted octanol–water partition coefficient (Wildman–Crippen LogP) is 1.17. The number of nitrogens with one attached hydrogen (secondary N) is 1. The first-order chi connectivity index (χ1) is 4.75. The number of amides is 1. The zero-order valence-corrected chi connectivity index (χ0v) is 6.68. The molecule has 1 fully saturated rings. The molecule has 1 N–H and O–H groups in total. The molecule has 0 radical (unpaired) electrons. The number of hydrogen-bond acceptors (Lipinski definition) is 1. The molecule has 1 aliphatic carbocycles. The minimum absolute atomic E-state index is 0.227. The van der Waals surface area contributed by atoms with Crippen molar-refractivity contribution < 1.29 is 4.79 Å². The molecular formula is C8H15NO. The Bertz CT molecular complexity index is 133. The van der Waals surface area contributed by atoms with E-state index in [-0.39, 0.29) is 5.91 Å². The Morgan fingerprint density at radius 1 is 1.50 bits per heavy atom. The summed E-state index contributed by atoms with van der Waals surface area (Å²) in [6.07, 6.45) is 3.53. The Balaban J connectivity index is 2.46. The van der Waals surface area contributed by atoms with E-state index in [9.17, 15) is 4.79 Å². The third-order valence-electron chi connectivity index (χ3n) is 2.44. The van der Waals surface area contributed by atoms with Crippen LogP contribution in [-0.4, -0.2) is 13.0 Å². The monoisotopic (exact) mass is 141 g/mol. The fraction of sp³-hybridized carbons (Fsp3) is 0.875. The van der Waals surface area contributed by atoms with Crippen LogP contribution in [0.15, 0.2) is 0 Å². The van der Waals surface area contributed by atoms with Gasteiger partial charge in [0.1, 0.15) is 0 Å². The average molecular weight is 141 g/mol. The van der Waals surface area contributed by atoms with Gasteiger partial charge >= 0.3 is 0 Å². The molecule has 0 aromatic rings. The predicted molar refractivity (Wildman–Crippen MR) is 40.6 cm³/mol. The number of rotatable bonds is 1. The summed E-state index contributed by atoms with van der Waals surface area (Å²) in [5, 5.41) is 2.70. The molecule has 2 nitrogen and oxygen atoms in total. The van der Waals surface area contributed by atoms with Gasteiger partial charge in [-0.2, -0.15) is 0 Å². The van der Waals surface area contributed by atoms with Crippen molar-refractivity contribution in [2.45, 2.75) is 26.2 Å².